The summed E-state index contributed by atoms with van der Waals surface area (Å²) >= 11 is 0. The van der Waals surface area contributed by atoms with E-state index in [2.05, 4.69) is 0 Å². The van der Waals surface area contributed by atoms with Gasteiger partial charge in [-0.05, 0) is 26.1 Å². The van der Waals surface area contributed by atoms with Crippen LogP contribution in [0.1, 0.15) is 13.3 Å². The molecule has 0 aliphatic heterocycles. The summed E-state index contributed by atoms with van der Waals surface area (Å²) in [7, 11) is -1.67. The normalized spacial score (nSPS) is 12.0. The highest BCUT2D eigenvalue weighted by molar-refractivity contribution is 6.71. The van der Waals surface area contributed by atoms with Gasteiger partial charge in [0.15, 0.2) is 0 Å². The highest BCUT2D eigenvalue weighted by Crippen LogP contribution is 2.02. The number of hydrogen-bond acceptors (Lipinski definition) is 2. The SMILES string of the molecule is CC/C=C/C(=O)O[Si](C)(C)C. The molecule has 0 aromatic rings. The van der Waals surface area contributed by atoms with Gasteiger partial charge in [0.1, 0.15) is 0 Å². The van der Waals surface area contributed by atoms with Gasteiger partial charge in [-0.3, -0.25) is 0 Å². The summed E-state index contributed by atoms with van der Waals surface area (Å²) in [6.45, 7) is 7.96. The third-order valence-corrected chi connectivity index (χ3v) is 1.71. The van der Waals surface area contributed by atoms with Crippen LogP contribution in [-0.4, -0.2) is 14.3 Å². The van der Waals surface area contributed by atoms with Gasteiger partial charge >= 0.3 is 5.97 Å². The molecule has 11 heavy (non-hydrogen) atoms. The molecule has 0 aromatic heterocycles. The second kappa shape index (κ2) is 4.33. The van der Waals surface area contributed by atoms with Gasteiger partial charge in [0, 0.05) is 6.08 Å². The van der Waals surface area contributed by atoms with Crippen LogP contribution in [0.5, 0.6) is 0 Å². The summed E-state index contributed by atoms with van der Waals surface area (Å²) in [5.41, 5.74) is 0. The Kier molecular flexibility index (Phi) is 4.11. The van der Waals surface area contributed by atoms with E-state index in [0.717, 1.165) is 6.42 Å². The fourth-order valence-electron chi connectivity index (χ4n) is 0.550. The smallest absolute Gasteiger partial charge is 0.317 e. The maximum atomic E-state index is 10.9. The molecule has 0 atom stereocenters. The van der Waals surface area contributed by atoms with Gasteiger partial charge in [0.25, 0.3) is 0 Å². The lowest BCUT2D eigenvalue weighted by Crippen LogP contribution is -2.28. The Morgan fingerprint density at radius 3 is 2.36 bits per heavy atom. The second-order valence-corrected chi connectivity index (χ2v) is 7.77. The molecule has 0 aromatic carbocycles. The number of hydrogen-bond donors (Lipinski definition) is 0. The lowest BCUT2D eigenvalue weighted by Gasteiger charge is -2.15. The third kappa shape index (κ3) is 7.32. The van der Waals surface area contributed by atoms with Gasteiger partial charge in [-0.2, -0.15) is 0 Å². The highest BCUT2D eigenvalue weighted by atomic mass is 28.4. The molecule has 0 saturated heterocycles. The maximum absolute atomic E-state index is 10.9. The van der Waals surface area contributed by atoms with Crippen LogP contribution in [-0.2, 0) is 9.22 Å². The van der Waals surface area contributed by atoms with Crippen LogP contribution in [0.25, 0.3) is 0 Å². The minimum atomic E-state index is -1.67. The topological polar surface area (TPSA) is 26.3 Å². The monoisotopic (exact) mass is 172 g/mol. The predicted molar refractivity (Wildman–Crippen MR) is 48.9 cm³/mol. The van der Waals surface area contributed by atoms with E-state index in [-0.39, 0.29) is 5.97 Å². The van der Waals surface area contributed by atoms with E-state index in [1.807, 2.05) is 32.6 Å². The Balaban J connectivity index is 3.80. The van der Waals surface area contributed by atoms with Crippen molar-refractivity contribution in [3.05, 3.63) is 12.2 Å². The fraction of sp³-hybridized carbons (Fsp3) is 0.625. The van der Waals surface area contributed by atoms with Crippen LogP contribution in [0.4, 0.5) is 0 Å². The van der Waals surface area contributed by atoms with Crippen molar-refractivity contribution in [2.75, 3.05) is 0 Å². The van der Waals surface area contributed by atoms with Crippen molar-refractivity contribution in [2.24, 2.45) is 0 Å². The highest BCUT2D eigenvalue weighted by Gasteiger charge is 2.17. The van der Waals surface area contributed by atoms with Crippen molar-refractivity contribution < 1.29 is 9.22 Å². The van der Waals surface area contributed by atoms with Crippen molar-refractivity contribution in [2.45, 2.75) is 33.0 Å². The van der Waals surface area contributed by atoms with Crippen molar-refractivity contribution in [1.29, 1.82) is 0 Å². The minimum Gasteiger partial charge on any atom is -0.517 e. The molecule has 0 amide bonds. The molecule has 0 fully saturated rings. The quantitative estimate of drug-likeness (QED) is 0.482. The van der Waals surface area contributed by atoms with E-state index in [1.165, 1.54) is 6.08 Å². The molecule has 0 rings (SSSR count). The standard InChI is InChI=1S/C8H16O2Si/c1-5-6-7-8(9)10-11(2,3)4/h6-7H,5H2,1-4H3/b7-6+. The zero-order valence-corrected chi connectivity index (χ0v) is 8.68. The van der Waals surface area contributed by atoms with Crippen molar-refractivity contribution >= 4 is 14.3 Å². The molecule has 0 aliphatic carbocycles. The third-order valence-electron chi connectivity index (χ3n) is 0.896. The molecule has 3 heteroatoms. The van der Waals surface area contributed by atoms with E-state index in [0.29, 0.717) is 0 Å². The fourth-order valence-corrected chi connectivity index (χ4v) is 1.22. The van der Waals surface area contributed by atoms with Gasteiger partial charge in [-0.1, -0.05) is 13.0 Å². The molecule has 0 saturated carbocycles. The Hall–Kier alpha value is -0.573. The summed E-state index contributed by atoms with van der Waals surface area (Å²) in [5, 5.41) is 0. The van der Waals surface area contributed by atoms with Crippen molar-refractivity contribution in [3.8, 4) is 0 Å². The maximum Gasteiger partial charge on any atom is 0.317 e. The summed E-state index contributed by atoms with van der Waals surface area (Å²) < 4.78 is 5.15. The molecule has 0 N–H and O–H groups in total. The number of rotatable bonds is 3. The first-order valence-electron chi connectivity index (χ1n) is 3.85. The van der Waals surface area contributed by atoms with Gasteiger partial charge in [-0.15, -0.1) is 0 Å². The predicted octanol–water partition coefficient (Wildman–Crippen LogP) is 2.33. The van der Waals surface area contributed by atoms with Crippen LogP contribution < -0.4 is 0 Å². The average Bonchev–Trinajstić information content (AvgIpc) is 1.79. The van der Waals surface area contributed by atoms with E-state index in [4.69, 9.17) is 4.43 Å². The Bertz CT molecular complexity index is 156. The lowest BCUT2D eigenvalue weighted by atomic mass is 10.4. The summed E-state index contributed by atoms with van der Waals surface area (Å²) in [6.07, 6.45) is 4.18. The van der Waals surface area contributed by atoms with Crippen LogP contribution in [0.3, 0.4) is 0 Å². The molecule has 64 valence electrons. The molecule has 0 heterocycles. The van der Waals surface area contributed by atoms with E-state index >= 15 is 0 Å². The first-order chi connectivity index (χ1) is 4.95. The zero-order valence-electron chi connectivity index (χ0n) is 7.68. The molecular formula is C8H16O2Si. The van der Waals surface area contributed by atoms with Crippen LogP contribution in [0.2, 0.25) is 19.6 Å². The molecule has 0 aliphatic rings. The van der Waals surface area contributed by atoms with E-state index < -0.39 is 8.32 Å². The van der Waals surface area contributed by atoms with Gasteiger partial charge in [0.2, 0.25) is 8.32 Å². The first kappa shape index (κ1) is 10.4. The first-order valence-corrected chi connectivity index (χ1v) is 7.26. The Morgan fingerprint density at radius 2 is 2.00 bits per heavy atom. The summed E-state index contributed by atoms with van der Waals surface area (Å²) in [4.78, 5) is 10.9. The minimum absolute atomic E-state index is 0.203. The van der Waals surface area contributed by atoms with E-state index in [9.17, 15) is 4.79 Å². The van der Waals surface area contributed by atoms with Crippen molar-refractivity contribution in [1.82, 2.24) is 0 Å². The van der Waals surface area contributed by atoms with E-state index in [1.54, 1.807) is 0 Å². The largest absolute Gasteiger partial charge is 0.517 e. The Morgan fingerprint density at radius 1 is 1.45 bits per heavy atom. The van der Waals surface area contributed by atoms with Crippen LogP contribution in [0.15, 0.2) is 12.2 Å². The van der Waals surface area contributed by atoms with Gasteiger partial charge < -0.3 is 4.43 Å². The zero-order chi connectivity index (χ0) is 8.91. The summed E-state index contributed by atoms with van der Waals surface area (Å²) in [5.74, 6) is -0.203. The molecule has 0 unspecified atom stereocenters. The summed E-state index contributed by atoms with van der Waals surface area (Å²) in [6, 6.07) is 0. The van der Waals surface area contributed by atoms with Crippen LogP contribution >= 0.6 is 0 Å². The number of carbonyl (C=O) groups excluding carboxylic acids is 1. The molecule has 2 nitrogen and oxygen atoms in total. The number of carbonyl (C=O) groups is 1. The molecule has 0 radical (unpaired) electrons. The molecular weight excluding hydrogens is 156 g/mol. The lowest BCUT2D eigenvalue weighted by molar-refractivity contribution is -0.129. The van der Waals surface area contributed by atoms with Gasteiger partial charge in [-0.25, -0.2) is 4.79 Å². The Labute approximate surface area is 69.4 Å². The molecule has 0 bridgehead atoms. The second-order valence-electron chi connectivity index (χ2n) is 3.34. The van der Waals surface area contributed by atoms with Crippen LogP contribution in [0, 0.1) is 0 Å². The number of allylic oxidation sites excluding steroid dienone is 1. The van der Waals surface area contributed by atoms with Crippen molar-refractivity contribution in [3.63, 3.8) is 0 Å². The molecule has 0 spiro atoms. The van der Waals surface area contributed by atoms with Gasteiger partial charge in [0.05, 0.1) is 0 Å². The average molecular weight is 172 g/mol.